The molecule has 2 aromatic carbocycles. The Morgan fingerprint density at radius 1 is 0.846 bits per heavy atom. The van der Waals surface area contributed by atoms with E-state index in [2.05, 4.69) is 5.32 Å². The van der Waals surface area contributed by atoms with Crippen molar-refractivity contribution in [2.24, 2.45) is 0 Å². The molecule has 4 rings (SSSR count). The van der Waals surface area contributed by atoms with Gasteiger partial charge in [-0.3, -0.25) is 19.3 Å². The van der Waals surface area contributed by atoms with Gasteiger partial charge in [0, 0.05) is 30.4 Å². The number of methoxy groups -OCH3 is 2. The van der Waals surface area contributed by atoms with Crippen molar-refractivity contribution in [1.29, 1.82) is 0 Å². The summed E-state index contributed by atoms with van der Waals surface area (Å²) in [5, 5.41) is 2.60. The second-order valence-corrected chi connectivity index (χ2v) is 8.89. The third-order valence-electron chi connectivity index (χ3n) is 6.57. The molecule has 0 aliphatic carbocycles. The lowest BCUT2D eigenvalue weighted by atomic mass is 10.0. The van der Waals surface area contributed by atoms with Crippen molar-refractivity contribution in [2.75, 3.05) is 39.2 Å². The smallest absolute Gasteiger partial charge is 0.409 e. The standard InChI is InChI=1S/C27H27N3O9/c1-4-39-27(36)29-9-7-19(8-10-29)30-23(32)20-6-5-15(14-21(20)24(30)33)22(31)28-18-12-16(25(34)37-2)11-17(13-18)26(35)38-3/h5-6,11-14,19H,4,7-10H2,1-3H3,(H,28,31). The molecule has 1 saturated heterocycles. The minimum absolute atomic E-state index is 0.0232. The average molecular weight is 538 g/mol. The van der Waals surface area contributed by atoms with Gasteiger partial charge < -0.3 is 24.4 Å². The number of amides is 4. The Kier molecular flexibility index (Phi) is 7.93. The van der Waals surface area contributed by atoms with Gasteiger partial charge >= 0.3 is 18.0 Å². The minimum atomic E-state index is -0.717. The van der Waals surface area contributed by atoms with E-state index < -0.39 is 41.8 Å². The molecule has 1 fully saturated rings. The Balaban J connectivity index is 1.51. The van der Waals surface area contributed by atoms with E-state index in [-0.39, 0.29) is 40.1 Å². The molecule has 204 valence electrons. The van der Waals surface area contributed by atoms with Crippen LogP contribution in [0.5, 0.6) is 0 Å². The third kappa shape index (κ3) is 5.44. The quantitative estimate of drug-likeness (QED) is 0.333. The Labute approximate surface area is 223 Å². The van der Waals surface area contributed by atoms with Gasteiger partial charge in [-0.2, -0.15) is 0 Å². The van der Waals surface area contributed by atoms with E-state index in [0.29, 0.717) is 25.9 Å². The van der Waals surface area contributed by atoms with Crippen LogP contribution in [-0.4, -0.2) is 85.5 Å². The van der Waals surface area contributed by atoms with Gasteiger partial charge in [0.15, 0.2) is 0 Å². The van der Waals surface area contributed by atoms with Crippen LogP contribution in [0.1, 0.15) is 71.6 Å². The summed E-state index contributed by atoms with van der Waals surface area (Å²) >= 11 is 0. The lowest BCUT2D eigenvalue weighted by molar-refractivity contribution is 0.0482. The molecule has 2 aliphatic heterocycles. The van der Waals surface area contributed by atoms with E-state index in [4.69, 9.17) is 14.2 Å². The first kappa shape index (κ1) is 27.3. The molecule has 0 atom stereocenters. The number of hydrogen-bond donors (Lipinski definition) is 1. The van der Waals surface area contributed by atoms with Crippen LogP contribution >= 0.6 is 0 Å². The van der Waals surface area contributed by atoms with E-state index in [1.165, 1.54) is 55.5 Å². The predicted molar refractivity (Wildman–Crippen MR) is 136 cm³/mol. The fraction of sp³-hybridized carbons (Fsp3) is 0.333. The molecule has 0 bridgehead atoms. The number of carbonyl (C=O) groups is 6. The molecule has 0 radical (unpaired) electrons. The molecule has 12 nitrogen and oxygen atoms in total. The highest BCUT2D eigenvalue weighted by Crippen LogP contribution is 2.30. The number of ether oxygens (including phenoxy) is 3. The summed E-state index contributed by atoms with van der Waals surface area (Å²) in [5.74, 6) is -3.03. The van der Waals surface area contributed by atoms with Crippen molar-refractivity contribution in [1.82, 2.24) is 9.80 Å². The number of fused-ring (bicyclic) bond motifs is 1. The Bertz CT molecular complexity index is 1330. The highest BCUT2D eigenvalue weighted by molar-refractivity contribution is 6.22. The SMILES string of the molecule is CCOC(=O)N1CCC(N2C(=O)c3ccc(C(=O)Nc4cc(C(=O)OC)cc(C(=O)OC)c4)cc3C2=O)CC1. The van der Waals surface area contributed by atoms with Crippen molar-refractivity contribution in [3.63, 3.8) is 0 Å². The van der Waals surface area contributed by atoms with E-state index in [9.17, 15) is 28.8 Å². The van der Waals surface area contributed by atoms with Crippen molar-refractivity contribution in [2.45, 2.75) is 25.8 Å². The molecule has 12 heteroatoms. The Morgan fingerprint density at radius 3 is 2.00 bits per heavy atom. The van der Waals surface area contributed by atoms with Crippen molar-refractivity contribution < 1.29 is 43.0 Å². The molecular formula is C27H27N3O9. The van der Waals surface area contributed by atoms with Gasteiger partial charge in [-0.25, -0.2) is 14.4 Å². The van der Waals surface area contributed by atoms with Crippen LogP contribution in [0, 0.1) is 0 Å². The summed E-state index contributed by atoms with van der Waals surface area (Å²) in [7, 11) is 2.36. The number of rotatable bonds is 6. The number of nitrogens with zero attached hydrogens (tertiary/aromatic N) is 2. The summed E-state index contributed by atoms with van der Waals surface area (Å²) in [6.45, 7) is 2.68. The number of imide groups is 1. The number of piperidine rings is 1. The van der Waals surface area contributed by atoms with Crippen LogP contribution in [0.25, 0.3) is 0 Å². The van der Waals surface area contributed by atoms with Crippen LogP contribution in [0.15, 0.2) is 36.4 Å². The zero-order valence-electron chi connectivity index (χ0n) is 21.6. The fourth-order valence-corrected chi connectivity index (χ4v) is 4.63. The van der Waals surface area contributed by atoms with Gasteiger partial charge in [-0.15, -0.1) is 0 Å². The monoisotopic (exact) mass is 537 g/mol. The predicted octanol–water partition coefficient (Wildman–Crippen LogP) is 2.73. The molecule has 0 aromatic heterocycles. The summed E-state index contributed by atoms with van der Waals surface area (Å²) in [5.41, 5.74) is 0.548. The van der Waals surface area contributed by atoms with Crippen LogP contribution in [-0.2, 0) is 14.2 Å². The van der Waals surface area contributed by atoms with Gasteiger partial charge in [-0.1, -0.05) is 0 Å². The van der Waals surface area contributed by atoms with Gasteiger partial charge in [0.25, 0.3) is 17.7 Å². The van der Waals surface area contributed by atoms with Crippen molar-refractivity contribution in [3.8, 4) is 0 Å². The lowest BCUT2D eigenvalue weighted by Crippen LogP contribution is -2.48. The maximum atomic E-state index is 13.2. The molecule has 0 saturated carbocycles. The summed E-state index contributed by atoms with van der Waals surface area (Å²) < 4.78 is 14.4. The van der Waals surface area contributed by atoms with Gasteiger partial charge in [0.2, 0.25) is 0 Å². The first-order valence-electron chi connectivity index (χ1n) is 12.2. The average Bonchev–Trinajstić information content (AvgIpc) is 3.20. The molecule has 1 N–H and O–H groups in total. The van der Waals surface area contributed by atoms with Gasteiger partial charge in [-0.05, 0) is 56.2 Å². The number of nitrogens with one attached hydrogen (secondary N) is 1. The number of hydrogen-bond acceptors (Lipinski definition) is 9. The normalized spacial score (nSPS) is 15.1. The topological polar surface area (TPSA) is 149 Å². The second kappa shape index (κ2) is 11.3. The summed E-state index contributed by atoms with van der Waals surface area (Å²) in [6.07, 6.45) is 0.401. The molecule has 2 aliphatic rings. The molecule has 39 heavy (non-hydrogen) atoms. The molecular weight excluding hydrogens is 510 g/mol. The molecule has 2 aromatic rings. The zero-order chi connectivity index (χ0) is 28.3. The summed E-state index contributed by atoms with van der Waals surface area (Å²) in [6, 6.07) is 7.73. The van der Waals surface area contributed by atoms with E-state index in [1.54, 1.807) is 11.8 Å². The van der Waals surface area contributed by atoms with Crippen LogP contribution in [0.3, 0.4) is 0 Å². The number of anilines is 1. The lowest BCUT2D eigenvalue weighted by Gasteiger charge is -2.35. The maximum absolute atomic E-state index is 13.2. The highest BCUT2D eigenvalue weighted by Gasteiger charge is 2.41. The molecule has 2 heterocycles. The molecule has 0 spiro atoms. The summed E-state index contributed by atoms with van der Waals surface area (Å²) in [4.78, 5) is 78.1. The number of carbonyl (C=O) groups excluding carboxylic acids is 6. The largest absolute Gasteiger partial charge is 0.465 e. The Hall–Kier alpha value is -4.74. The highest BCUT2D eigenvalue weighted by atomic mass is 16.6. The van der Waals surface area contributed by atoms with Crippen LogP contribution < -0.4 is 5.32 Å². The first-order valence-corrected chi connectivity index (χ1v) is 12.2. The second-order valence-electron chi connectivity index (χ2n) is 8.89. The first-order chi connectivity index (χ1) is 18.7. The van der Waals surface area contributed by atoms with Crippen molar-refractivity contribution >= 4 is 41.4 Å². The fourth-order valence-electron chi connectivity index (χ4n) is 4.63. The minimum Gasteiger partial charge on any atom is -0.465 e. The zero-order valence-corrected chi connectivity index (χ0v) is 21.6. The van der Waals surface area contributed by atoms with Gasteiger partial charge in [0.1, 0.15) is 0 Å². The molecule has 4 amide bonds. The van der Waals surface area contributed by atoms with E-state index >= 15 is 0 Å². The van der Waals surface area contributed by atoms with Crippen LogP contribution in [0.4, 0.5) is 10.5 Å². The van der Waals surface area contributed by atoms with Crippen LogP contribution in [0.2, 0.25) is 0 Å². The number of likely N-dealkylation sites (tertiary alicyclic amines) is 1. The van der Waals surface area contributed by atoms with E-state index in [1.807, 2.05) is 0 Å². The Morgan fingerprint density at radius 2 is 1.44 bits per heavy atom. The van der Waals surface area contributed by atoms with Gasteiger partial charge in [0.05, 0.1) is 43.1 Å². The number of esters is 2. The van der Waals surface area contributed by atoms with Crippen molar-refractivity contribution in [3.05, 3.63) is 64.2 Å². The molecule has 0 unspecified atom stereocenters. The third-order valence-corrected chi connectivity index (χ3v) is 6.57. The van der Waals surface area contributed by atoms with E-state index in [0.717, 1.165) is 0 Å². The maximum Gasteiger partial charge on any atom is 0.409 e. The number of benzene rings is 2.